The van der Waals surface area contributed by atoms with E-state index >= 15 is 0 Å². The third-order valence-corrected chi connectivity index (χ3v) is 8.89. The number of aliphatic hydroxyl groups excluding tert-OH is 3. The van der Waals surface area contributed by atoms with E-state index in [9.17, 15) is 28.5 Å². The number of halogens is 1. The number of hydrogen-bond acceptors (Lipinski definition) is 8. The molecular formula is C29H31ClO9S. The van der Waals surface area contributed by atoms with E-state index in [0.717, 1.165) is 16.9 Å². The Morgan fingerprint density at radius 1 is 0.925 bits per heavy atom. The van der Waals surface area contributed by atoms with Gasteiger partial charge in [0.2, 0.25) is 0 Å². The van der Waals surface area contributed by atoms with Crippen molar-refractivity contribution >= 4 is 27.4 Å². The number of aliphatic carboxylic acids is 1. The topological polar surface area (TPSA) is 151 Å². The number of carboxylic acid groups (broad SMARTS) is 1. The molecule has 0 aliphatic carbocycles. The van der Waals surface area contributed by atoms with Crippen LogP contribution >= 0.6 is 11.6 Å². The first-order chi connectivity index (χ1) is 19.0. The molecule has 3 aromatic rings. The highest BCUT2D eigenvalue weighted by Gasteiger charge is 2.45. The van der Waals surface area contributed by atoms with E-state index in [4.69, 9.17) is 26.2 Å². The molecule has 0 spiro atoms. The van der Waals surface area contributed by atoms with Gasteiger partial charge in [0.25, 0.3) is 0 Å². The van der Waals surface area contributed by atoms with Crippen LogP contribution in [0, 0.1) is 0 Å². The van der Waals surface area contributed by atoms with E-state index in [0.29, 0.717) is 29.2 Å². The highest BCUT2D eigenvalue weighted by atomic mass is 35.5. The summed E-state index contributed by atoms with van der Waals surface area (Å²) in [4.78, 5) is 10.8. The summed E-state index contributed by atoms with van der Waals surface area (Å²) in [6.07, 6.45) is -7.12. The number of ether oxygens (including phenoxy) is 2. The van der Waals surface area contributed by atoms with E-state index in [1.54, 1.807) is 18.2 Å². The van der Waals surface area contributed by atoms with Crippen LogP contribution in [-0.4, -0.2) is 71.6 Å². The molecule has 1 aliphatic heterocycles. The van der Waals surface area contributed by atoms with Crippen molar-refractivity contribution in [2.45, 2.75) is 55.2 Å². The first-order valence-corrected chi connectivity index (χ1v) is 14.7. The molecule has 1 saturated heterocycles. The molecule has 5 atom stereocenters. The lowest BCUT2D eigenvalue weighted by atomic mass is 9.90. The zero-order valence-electron chi connectivity index (χ0n) is 21.7. The predicted octanol–water partition coefficient (Wildman–Crippen LogP) is 2.95. The molecule has 4 N–H and O–H groups in total. The van der Waals surface area contributed by atoms with Gasteiger partial charge >= 0.3 is 5.97 Å². The minimum atomic E-state index is -4.00. The Balaban J connectivity index is 1.54. The minimum Gasteiger partial charge on any atom is -0.494 e. The number of sulfone groups is 1. The van der Waals surface area contributed by atoms with E-state index in [1.807, 2.05) is 31.2 Å². The molecule has 40 heavy (non-hydrogen) atoms. The van der Waals surface area contributed by atoms with Gasteiger partial charge in [0.05, 0.1) is 23.7 Å². The second-order valence-electron chi connectivity index (χ2n) is 9.67. The van der Waals surface area contributed by atoms with Gasteiger partial charge in [-0.2, -0.15) is 0 Å². The summed E-state index contributed by atoms with van der Waals surface area (Å²) >= 11 is 6.45. The van der Waals surface area contributed by atoms with Crippen molar-refractivity contribution in [2.24, 2.45) is 0 Å². The van der Waals surface area contributed by atoms with Gasteiger partial charge in [0.15, 0.2) is 9.84 Å². The third-order valence-electron chi connectivity index (χ3n) is 6.76. The second-order valence-corrected chi connectivity index (χ2v) is 12.1. The monoisotopic (exact) mass is 590 g/mol. The second kappa shape index (κ2) is 12.7. The molecule has 214 valence electrons. The molecule has 1 fully saturated rings. The van der Waals surface area contributed by atoms with E-state index < -0.39 is 52.1 Å². The third kappa shape index (κ3) is 7.01. The summed E-state index contributed by atoms with van der Waals surface area (Å²) in [7, 11) is -4.00. The van der Waals surface area contributed by atoms with Crippen LogP contribution < -0.4 is 4.74 Å². The van der Waals surface area contributed by atoms with Crippen molar-refractivity contribution in [3.8, 4) is 5.75 Å². The summed E-state index contributed by atoms with van der Waals surface area (Å²) < 4.78 is 37.6. The van der Waals surface area contributed by atoms with Crippen molar-refractivity contribution in [2.75, 3.05) is 12.4 Å². The van der Waals surface area contributed by atoms with Gasteiger partial charge in [0.1, 0.15) is 36.3 Å². The number of hydrogen-bond donors (Lipinski definition) is 4. The number of rotatable bonds is 10. The molecule has 0 bridgehead atoms. The van der Waals surface area contributed by atoms with Crippen LogP contribution in [0.25, 0.3) is 0 Å². The number of carboxylic acids is 1. The molecule has 0 saturated carbocycles. The fourth-order valence-electron chi connectivity index (χ4n) is 4.66. The summed E-state index contributed by atoms with van der Waals surface area (Å²) in [5.74, 6) is -0.966. The smallest absolute Gasteiger partial charge is 0.307 e. The van der Waals surface area contributed by atoms with Crippen molar-refractivity contribution in [1.82, 2.24) is 0 Å². The molecular weight excluding hydrogens is 560 g/mol. The van der Waals surface area contributed by atoms with Crippen molar-refractivity contribution in [3.63, 3.8) is 0 Å². The normalized spacial score (nSPS) is 23.1. The maximum Gasteiger partial charge on any atom is 0.307 e. The lowest BCUT2D eigenvalue weighted by Gasteiger charge is -2.41. The molecule has 11 heteroatoms. The summed E-state index contributed by atoms with van der Waals surface area (Å²) in [6.45, 7) is 2.46. The lowest BCUT2D eigenvalue weighted by molar-refractivity contribution is -0.218. The van der Waals surface area contributed by atoms with Crippen LogP contribution in [-0.2, 0) is 32.2 Å². The quantitative estimate of drug-likeness (QED) is 0.279. The number of benzene rings is 3. The van der Waals surface area contributed by atoms with Gasteiger partial charge in [-0.3, -0.25) is 4.79 Å². The van der Waals surface area contributed by atoms with Crippen molar-refractivity contribution in [1.29, 1.82) is 0 Å². The Morgan fingerprint density at radius 3 is 2.20 bits per heavy atom. The van der Waals surface area contributed by atoms with Crippen LogP contribution in [0.1, 0.15) is 35.3 Å². The molecule has 4 rings (SSSR count). The van der Waals surface area contributed by atoms with Crippen LogP contribution in [0.2, 0.25) is 5.02 Å². The van der Waals surface area contributed by atoms with Crippen LogP contribution in [0.15, 0.2) is 71.6 Å². The Hall–Kier alpha value is -2.99. The Bertz CT molecular complexity index is 1420. The SMILES string of the molecule is CCOc1ccc(Cc2cc(C3OC(CS(=O)(=O)c4ccc(CC(=O)O)cc4)C(O)C(O)C3O)ccc2Cl)cc1. The summed E-state index contributed by atoms with van der Waals surface area (Å²) in [5, 5.41) is 41.3. The molecule has 0 aromatic heterocycles. The number of carbonyl (C=O) groups is 1. The van der Waals surface area contributed by atoms with Gasteiger partial charge < -0.3 is 29.9 Å². The van der Waals surface area contributed by atoms with Crippen LogP contribution in [0.3, 0.4) is 0 Å². The Kier molecular flexibility index (Phi) is 9.50. The highest BCUT2D eigenvalue weighted by molar-refractivity contribution is 7.91. The largest absolute Gasteiger partial charge is 0.494 e. The lowest BCUT2D eigenvalue weighted by Crippen LogP contribution is -2.56. The van der Waals surface area contributed by atoms with Gasteiger partial charge in [0, 0.05) is 5.02 Å². The molecule has 1 heterocycles. The Labute approximate surface area is 237 Å². The molecule has 0 amide bonds. The average molecular weight is 591 g/mol. The maximum atomic E-state index is 13.1. The molecule has 9 nitrogen and oxygen atoms in total. The summed E-state index contributed by atoms with van der Waals surface area (Å²) in [6, 6.07) is 17.9. The Morgan fingerprint density at radius 2 is 1.57 bits per heavy atom. The summed E-state index contributed by atoms with van der Waals surface area (Å²) in [5.41, 5.74) is 2.58. The van der Waals surface area contributed by atoms with Crippen molar-refractivity contribution < 1.29 is 43.1 Å². The molecule has 0 radical (unpaired) electrons. The molecule has 1 aliphatic rings. The van der Waals surface area contributed by atoms with Gasteiger partial charge in [-0.25, -0.2) is 8.42 Å². The minimum absolute atomic E-state index is 0.0845. The van der Waals surface area contributed by atoms with E-state index in [2.05, 4.69) is 0 Å². The molecule has 5 unspecified atom stereocenters. The first kappa shape index (κ1) is 30.0. The number of aliphatic hydroxyl groups is 3. The predicted molar refractivity (Wildman–Crippen MR) is 147 cm³/mol. The first-order valence-electron chi connectivity index (χ1n) is 12.7. The van der Waals surface area contributed by atoms with Gasteiger partial charge in [-0.1, -0.05) is 48.0 Å². The van der Waals surface area contributed by atoms with Crippen LogP contribution in [0.4, 0.5) is 0 Å². The zero-order chi connectivity index (χ0) is 29.0. The zero-order valence-corrected chi connectivity index (χ0v) is 23.3. The van der Waals surface area contributed by atoms with E-state index in [-0.39, 0.29) is 11.3 Å². The standard InChI is InChI=1S/C29H31ClO9S/c1-2-38-21-8-3-17(4-9-21)13-20-15-19(7-12-23(20)30)29-28(35)27(34)26(33)24(39-29)16-40(36,37)22-10-5-18(6-11-22)14-25(31)32/h3-12,15,24,26-29,33-35H,2,13-14,16H2,1H3,(H,31,32). The van der Waals surface area contributed by atoms with Crippen LogP contribution in [0.5, 0.6) is 5.75 Å². The fourth-order valence-corrected chi connectivity index (χ4v) is 6.30. The highest BCUT2D eigenvalue weighted by Crippen LogP contribution is 2.35. The van der Waals surface area contributed by atoms with Crippen molar-refractivity contribution in [3.05, 3.63) is 94.0 Å². The molecule has 3 aromatic carbocycles. The van der Waals surface area contributed by atoms with Gasteiger partial charge in [-0.15, -0.1) is 0 Å². The van der Waals surface area contributed by atoms with E-state index in [1.165, 1.54) is 24.3 Å². The fraction of sp³-hybridized carbons (Fsp3) is 0.345. The van der Waals surface area contributed by atoms with Gasteiger partial charge in [-0.05, 0) is 65.9 Å². The maximum absolute atomic E-state index is 13.1. The average Bonchev–Trinajstić information content (AvgIpc) is 2.91.